The van der Waals surface area contributed by atoms with Gasteiger partial charge in [-0.05, 0) is 16.8 Å². The third kappa shape index (κ3) is 3.07. The maximum atomic E-state index is 11.6. The van der Waals surface area contributed by atoms with Crippen LogP contribution in [0.3, 0.4) is 0 Å². The molecule has 0 aromatic carbocycles. The highest BCUT2D eigenvalue weighted by Crippen LogP contribution is 2.21. The summed E-state index contributed by atoms with van der Waals surface area (Å²) in [5.74, 6) is -1.42. The minimum absolute atomic E-state index is 0.193. The van der Waals surface area contributed by atoms with Gasteiger partial charge in [-0.15, -0.1) is 4.91 Å². The van der Waals surface area contributed by atoms with Gasteiger partial charge in [0.15, 0.2) is 12.0 Å². The monoisotopic (exact) mass is 266 g/mol. The standard InChI is InChI=1S/C9H10N6O4/c1-19-9(17)4-2-6(14-18)13-8(16)7(4)5(10)3-12-15-11/h2,6,10,13,16H,3H2,1H3. The lowest BCUT2D eigenvalue weighted by atomic mass is 9.98. The van der Waals surface area contributed by atoms with Crippen LogP contribution >= 0.6 is 0 Å². The van der Waals surface area contributed by atoms with Gasteiger partial charge in [-0.1, -0.05) is 5.11 Å². The third-order valence-corrected chi connectivity index (χ3v) is 2.23. The van der Waals surface area contributed by atoms with Gasteiger partial charge in [0.2, 0.25) is 0 Å². The molecular weight excluding hydrogens is 256 g/mol. The predicted molar refractivity (Wildman–Crippen MR) is 64.2 cm³/mol. The molecule has 1 heterocycles. The van der Waals surface area contributed by atoms with Crippen molar-refractivity contribution in [1.29, 1.82) is 5.41 Å². The summed E-state index contributed by atoms with van der Waals surface area (Å²) in [6.07, 6.45) is -0.0384. The van der Waals surface area contributed by atoms with Crippen molar-refractivity contribution in [3.05, 3.63) is 38.5 Å². The molecule has 0 aromatic rings. The molecule has 0 bridgehead atoms. The van der Waals surface area contributed by atoms with Crippen molar-refractivity contribution >= 4 is 11.7 Å². The van der Waals surface area contributed by atoms with Gasteiger partial charge in [-0.25, -0.2) is 4.79 Å². The summed E-state index contributed by atoms with van der Waals surface area (Å²) in [7, 11) is 1.11. The first-order valence-corrected chi connectivity index (χ1v) is 4.96. The molecule has 0 saturated heterocycles. The first-order chi connectivity index (χ1) is 9.04. The Labute approximate surface area is 106 Å². The number of azide groups is 1. The third-order valence-electron chi connectivity index (χ3n) is 2.23. The molecule has 0 aromatic heterocycles. The molecule has 0 saturated carbocycles. The normalized spacial score (nSPS) is 17.7. The van der Waals surface area contributed by atoms with Crippen LogP contribution in [0.25, 0.3) is 10.4 Å². The second-order valence-electron chi connectivity index (χ2n) is 3.36. The quantitative estimate of drug-likeness (QED) is 0.168. The van der Waals surface area contributed by atoms with Gasteiger partial charge >= 0.3 is 5.97 Å². The van der Waals surface area contributed by atoms with Gasteiger partial charge in [0, 0.05) is 4.91 Å². The number of carbonyl (C=O) groups is 1. The van der Waals surface area contributed by atoms with Crippen LogP contribution in [0.2, 0.25) is 0 Å². The average molecular weight is 266 g/mol. The van der Waals surface area contributed by atoms with Crippen molar-refractivity contribution in [2.75, 3.05) is 13.7 Å². The van der Waals surface area contributed by atoms with E-state index in [0.29, 0.717) is 0 Å². The molecule has 100 valence electrons. The molecule has 0 spiro atoms. The Morgan fingerprint density at radius 1 is 1.74 bits per heavy atom. The Bertz CT molecular complexity index is 531. The highest BCUT2D eigenvalue weighted by Gasteiger charge is 2.29. The molecule has 10 nitrogen and oxygen atoms in total. The van der Waals surface area contributed by atoms with Crippen molar-refractivity contribution in [1.82, 2.24) is 5.32 Å². The smallest absolute Gasteiger partial charge is 0.338 e. The molecule has 1 aliphatic heterocycles. The number of carbonyl (C=O) groups excluding carboxylic acids is 1. The van der Waals surface area contributed by atoms with E-state index in [1.807, 2.05) is 0 Å². The van der Waals surface area contributed by atoms with Crippen molar-refractivity contribution in [2.45, 2.75) is 6.17 Å². The van der Waals surface area contributed by atoms with Gasteiger partial charge in [0.25, 0.3) is 0 Å². The van der Waals surface area contributed by atoms with Crippen molar-refractivity contribution < 1.29 is 14.6 Å². The first kappa shape index (κ1) is 14.2. The van der Waals surface area contributed by atoms with E-state index in [4.69, 9.17) is 10.9 Å². The molecule has 0 aliphatic carbocycles. The lowest BCUT2D eigenvalue weighted by Gasteiger charge is -2.21. The van der Waals surface area contributed by atoms with Crippen LogP contribution < -0.4 is 5.32 Å². The molecule has 0 radical (unpaired) electrons. The number of hydrogen-bond donors (Lipinski definition) is 3. The number of rotatable bonds is 5. The summed E-state index contributed by atoms with van der Waals surface area (Å²) in [5.41, 5.74) is 7.50. The number of ether oxygens (including phenoxy) is 1. The van der Waals surface area contributed by atoms with Gasteiger partial charge < -0.3 is 20.6 Å². The summed E-state index contributed by atoms with van der Waals surface area (Å²) in [4.78, 5) is 24.5. The fourth-order valence-electron chi connectivity index (χ4n) is 1.45. The Kier molecular flexibility index (Phi) is 4.61. The number of aliphatic hydroxyl groups is 1. The number of nitrogens with zero attached hydrogens (tertiary/aromatic N) is 4. The van der Waals surface area contributed by atoms with Gasteiger partial charge in [0.1, 0.15) is 0 Å². The minimum Gasteiger partial charge on any atom is -0.494 e. The highest BCUT2D eigenvalue weighted by atomic mass is 16.5. The molecular formula is C9H10N6O4. The van der Waals surface area contributed by atoms with Crippen LogP contribution in [0.1, 0.15) is 0 Å². The lowest BCUT2D eigenvalue weighted by molar-refractivity contribution is -0.135. The number of nitroso groups, excluding NO2 is 1. The molecule has 19 heavy (non-hydrogen) atoms. The van der Waals surface area contributed by atoms with E-state index in [0.717, 1.165) is 13.2 Å². The number of methoxy groups -OCH3 is 1. The number of dihydropyridines is 1. The van der Waals surface area contributed by atoms with E-state index in [1.165, 1.54) is 0 Å². The lowest BCUT2D eigenvalue weighted by Crippen LogP contribution is -2.34. The van der Waals surface area contributed by atoms with E-state index < -0.39 is 18.0 Å². The van der Waals surface area contributed by atoms with Crippen LogP contribution in [0.5, 0.6) is 0 Å². The molecule has 3 N–H and O–H groups in total. The van der Waals surface area contributed by atoms with Crippen molar-refractivity contribution in [3.63, 3.8) is 0 Å². The van der Waals surface area contributed by atoms with Crippen LogP contribution in [0.4, 0.5) is 0 Å². The van der Waals surface area contributed by atoms with Crippen LogP contribution in [-0.4, -0.2) is 36.6 Å². The van der Waals surface area contributed by atoms with Crippen molar-refractivity contribution in [3.8, 4) is 0 Å². The van der Waals surface area contributed by atoms with Crippen LogP contribution in [-0.2, 0) is 9.53 Å². The number of nitrogens with one attached hydrogen (secondary N) is 2. The average Bonchev–Trinajstić information content (AvgIpc) is 2.42. The summed E-state index contributed by atoms with van der Waals surface area (Å²) < 4.78 is 4.49. The molecule has 0 amide bonds. The first-order valence-electron chi connectivity index (χ1n) is 4.96. The molecule has 1 rings (SSSR count). The van der Waals surface area contributed by atoms with Gasteiger partial charge in [-0.2, -0.15) is 0 Å². The van der Waals surface area contributed by atoms with E-state index >= 15 is 0 Å². The zero-order chi connectivity index (χ0) is 14.4. The van der Waals surface area contributed by atoms with E-state index in [2.05, 4.69) is 25.3 Å². The summed E-state index contributed by atoms with van der Waals surface area (Å²) >= 11 is 0. The number of hydrogen-bond acceptors (Lipinski definition) is 8. The fourth-order valence-corrected chi connectivity index (χ4v) is 1.45. The Morgan fingerprint density at radius 2 is 2.42 bits per heavy atom. The summed E-state index contributed by atoms with van der Waals surface area (Å²) in [5, 5.41) is 25.4. The molecule has 0 fully saturated rings. The summed E-state index contributed by atoms with van der Waals surface area (Å²) in [6, 6.07) is 0. The molecule has 1 atom stereocenters. The predicted octanol–water partition coefficient (Wildman–Crippen LogP) is 0.881. The molecule has 1 unspecified atom stereocenters. The Hall–Kier alpha value is -2.87. The Balaban J connectivity index is 3.20. The van der Waals surface area contributed by atoms with Crippen molar-refractivity contribution in [2.24, 2.45) is 10.3 Å². The van der Waals surface area contributed by atoms with Gasteiger partial charge in [-0.3, -0.25) is 0 Å². The van der Waals surface area contributed by atoms with Crippen LogP contribution in [0, 0.1) is 10.3 Å². The minimum atomic E-state index is -1.15. The number of aliphatic hydroxyl groups excluding tert-OH is 1. The maximum absolute atomic E-state index is 11.6. The second kappa shape index (κ2) is 6.17. The Morgan fingerprint density at radius 3 is 2.95 bits per heavy atom. The highest BCUT2D eigenvalue weighted by molar-refractivity contribution is 6.12. The number of esters is 1. The zero-order valence-electron chi connectivity index (χ0n) is 9.82. The van der Waals surface area contributed by atoms with Gasteiger partial charge in [0.05, 0.1) is 30.5 Å². The largest absolute Gasteiger partial charge is 0.494 e. The molecule has 10 heteroatoms. The second-order valence-corrected chi connectivity index (χ2v) is 3.36. The fraction of sp³-hybridized carbons (Fsp3) is 0.333. The zero-order valence-corrected chi connectivity index (χ0v) is 9.82. The maximum Gasteiger partial charge on any atom is 0.338 e. The van der Waals surface area contributed by atoms with E-state index in [-0.39, 0.29) is 23.4 Å². The van der Waals surface area contributed by atoms with E-state index in [1.54, 1.807) is 0 Å². The van der Waals surface area contributed by atoms with Crippen LogP contribution in [0.15, 0.2) is 33.4 Å². The summed E-state index contributed by atoms with van der Waals surface area (Å²) in [6.45, 7) is -0.370. The topological polar surface area (TPSA) is 161 Å². The van der Waals surface area contributed by atoms with E-state index in [9.17, 15) is 14.8 Å². The molecule has 1 aliphatic rings. The SMILES string of the molecule is COC(=O)C1=CC(N=O)NC(O)=C1C(=N)CN=[N+]=[N-].